The van der Waals surface area contributed by atoms with Crippen LogP contribution in [0.25, 0.3) is 0 Å². The third kappa shape index (κ3) is 5.14. The Morgan fingerprint density at radius 1 is 0.840 bits per heavy atom. The van der Waals surface area contributed by atoms with Gasteiger partial charge in [0.2, 0.25) is 0 Å². The predicted molar refractivity (Wildman–Crippen MR) is 91.1 cm³/mol. The van der Waals surface area contributed by atoms with E-state index in [1.54, 1.807) is 48.5 Å². The zero-order chi connectivity index (χ0) is 18.1. The van der Waals surface area contributed by atoms with Gasteiger partial charge in [-0.05, 0) is 17.7 Å². The second-order valence-corrected chi connectivity index (χ2v) is 5.52. The van der Waals surface area contributed by atoms with Gasteiger partial charge in [0.25, 0.3) is 5.60 Å². The van der Waals surface area contributed by atoms with Crippen LogP contribution in [-0.2, 0) is 32.3 Å². The van der Waals surface area contributed by atoms with Crippen LogP contribution in [-0.4, -0.2) is 29.2 Å². The molecule has 2 rings (SSSR count). The van der Waals surface area contributed by atoms with Gasteiger partial charge in [0.05, 0.1) is 0 Å². The van der Waals surface area contributed by atoms with Gasteiger partial charge in [-0.25, -0.2) is 9.59 Å². The van der Waals surface area contributed by atoms with Crippen molar-refractivity contribution in [1.82, 2.24) is 0 Å². The molecule has 0 spiro atoms. The molecule has 6 heteroatoms. The molecule has 0 amide bonds. The Balaban J connectivity index is 1.99. The van der Waals surface area contributed by atoms with Crippen LogP contribution in [0.3, 0.4) is 0 Å². The molecule has 0 saturated carbocycles. The van der Waals surface area contributed by atoms with E-state index in [1.165, 1.54) is 0 Å². The van der Waals surface area contributed by atoms with Crippen molar-refractivity contribution in [2.45, 2.75) is 25.2 Å². The fourth-order valence-corrected chi connectivity index (χ4v) is 2.18. The minimum Gasteiger partial charge on any atom is -0.458 e. The highest BCUT2D eigenvalue weighted by atomic mass is 16.6. The highest BCUT2D eigenvalue weighted by molar-refractivity contribution is 6.03. The van der Waals surface area contributed by atoms with E-state index in [2.05, 4.69) is 0 Å². The molecule has 0 aromatic heterocycles. The van der Waals surface area contributed by atoms with Gasteiger partial charge in [0.1, 0.15) is 13.2 Å². The summed E-state index contributed by atoms with van der Waals surface area (Å²) < 4.78 is 10.1. The Bertz CT molecular complexity index is 632. The number of esters is 2. The fourth-order valence-electron chi connectivity index (χ4n) is 2.18. The summed E-state index contributed by atoms with van der Waals surface area (Å²) in [6.45, 7) is -0.186. The van der Waals surface area contributed by atoms with E-state index in [0.717, 1.165) is 11.1 Å². The second kappa shape index (κ2) is 8.96. The lowest BCUT2D eigenvalue weighted by atomic mass is 10.00. The van der Waals surface area contributed by atoms with Crippen molar-refractivity contribution >= 4 is 11.9 Å². The maximum atomic E-state index is 12.3. The van der Waals surface area contributed by atoms with E-state index < -0.39 is 17.5 Å². The van der Waals surface area contributed by atoms with Gasteiger partial charge in [-0.15, -0.1) is 0 Å². The van der Waals surface area contributed by atoms with E-state index in [1.807, 2.05) is 12.1 Å². The summed E-state index contributed by atoms with van der Waals surface area (Å²) in [6, 6.07) is 17.9. The number of aliphatic hydroxyl groups is 1. The molecule has 0 fully saturated rings. The molecule has 0 aliphatic rings. The molecule has 2 aromatic carbocycles. The summed E-state index contributed by atoms with van der Waals surface area (Å²) in [7, 11) is 0. The van der Waals surface area contributed by atoms with Crippen LogP contribution in [0.5, 0.6) is 0 Å². The van der Waals surface area contributed by atoms with Crippen molar-refractivity contribution in [3.8, 4) is 0 Å². The highest BCUT2D eigenvalue weighted by Gasteiger charge is 2.46. The largest absolute Gasteiger partial charge is 0.458 e. The maximum absolute atomic E-state index is 12.3. The summed E-state index contributed by atoms with van der Waals surface area (Å²) >= 11 is 0. The van der Waals surface area contributed by atoms with Crippen molar-refractivity contribution in [1.29, 1.82) is 0 Å². The molecule has 3 N–H and O–H groups in total. The Morgan fingerprint density at radius 3 is 1.60 bits per heavy atom. The van der Waals surface area contributed by atoms with Gasteiger partial charge >= 0.3 is 11.9 Å². The number of hydrogen-bond acceptors (Lipinski definition) is 6. The summed E-state index contributed by atoms with van der Waals surface area (Å²) in [4.78, 5) is 24.5. The lowest BCUT2D eigenvalue weighted by Gasteiger charge is -2.23. The topological polar surface area (TPSA) is 98.9 Å². The number of carbonyl (C=O) groups excluding carboxylic acids is 2. The zero-order valence-electron chi connectivity index (χ0n) is 13.8. The molecular formula is C19H21NO5. The first-order chi connectivity index (χ1) is 12.1. The van der Waals surface area contributed by atoms with E-state index in [4.69, 9.17) is 15.2 Å². The van der Waals surface area contributed by atoms with E-state index in [0.29, 0.717) is 0 Å². The zero-order valence-corrected chi connectivity index (χ0v) is 13.8. The fraction of sp³-hybridized carbons (Fsp3) is 0.263. The lowest BCUT2D eigenvalue weighted by molar-refractivity contribution is -0.186. The predicted octanol–water partition coefficient (Wildman–Crippen LogP) is 1.55. The third-order valence-electron chi connectivity index (χ3n) is 3.61. The van der Waals surface area contributed by atoms with Crippen LogP contribution in [0.4, 0.5) is 0 Å². The standard InChI is InChI=1S/C19H21NO5/c20-12-11-19(23,17(21)24-13-15-7-3-1-4-8-15)18(22)25-14-16-9-5-2-6-10-16/h1-10,23H,11-14,20H2. The Morgan fingerprint density at radius 2 is 1.24 bits per heavy atom. The van der Waals surface area contributed by atoms with Crippen LogP contribution in [0.15, 0.2) is 60.7 Å². The van der Waals surface area contributed by atoms with Crippen molar-refractivity contribution < 1.29 is 24.2 Å². The first-order valence-electron chi connectivity index (χ1n) is 7.91. The molecule has 25 heavy (non-hydrogen) atoms. The first-order valence-corrected chi connectivity index (χ1v) is 7.91. The molecule has 0 radical (unpaired) electrons. The highest BCUT2D eigenvalue weighted by Crippen LogP contribution is 2.17. The lowest BCUT2D eigenvalue weighted by Crippen LogP contribution is -2.50. The molecule has 6 nitrogen and oxygen atoms in total. The minimum atomic E-state index is -2.42. The van der Waals surface area contributed by atoms with E-state index >= 15 is 0 Å². The molecular weight excluding hydrogens is 322 g/mol. The molecule has 0 bridgehead atoms. The first kappa shape index (κ1) is 18.6. The van der Waals surface area contributed by atoms with Gasteiger partial charge in [-0.3, -0.25) is 0 Å². The van der Waals surface area contributed by atoms with Crippen LogP contribution in [0.1, 0.15) is 17.5 Å². The van der Waals surface area contributed by atoms with Gasteiger partial charge in [0.15, 0.2) is 0 Å². The minimum absolute atomic E-state index is 0.0570. The summed E-state index contributed by atoms with van der Waals surface area (Å²) in [5.74, 6) is -2.14. The van der Waals surface area contributed by atoms with Gasteiger partial charge in [-0.2, -0.15) is 0 Å². The molecule has 0 aliphatic carbocycles. The second-order valence-electron chi connectivity index (χ2n) is 5.52. The number of carbonyl (C=O) groups is 2. The summed E-state index contributed by atoms with van der Waals surface area (Å²) in [6.07, 6.45) is -0.283. The van der Waals surface area contributed by atoms with Gasteiger partial charge in [0, 0.05) is 6.42 Å². The smallest absolute Gasteiger partial charge is 0.350 e. The number of benzene rings is 2. The maximum Gasteiger partial charge on any atom is 0.350 e. The van der Waals surface area contributed by atoms with Crippen LogP contribution in [0, 0.1) is 0 Å². The summed E-state index contributed by atoms with van der Waals surface area (Å²) in [5.41, 5.74) is 4.49. The molecule has 0 saturated heterocycles. The monoisotopic (exact) mass is 343 g/mol. The van der Waals surface area contributed by atoms with Crippen LogP contribution >= 0.6 is 0 Å². The van der Waals surface area contributed by atoms with Crippen molar-refractivity contribution in [3.05, 3.63) is 71.8 Å². The van der Waals surface area contributed by atoms with Crippen LogP contribution < -0.4 is 5.73 Å². The SMILES string of the molecule is NCCC(O)(C(=O)OCc1ccccc1)C(=O)OCc1ccccc1. The molecule has 2 aromatic rings. The molecule has 132 valence electrons. The summed E-state index contributed by atoms with van der Waals surface area (Å²) in [5, 5.41) is 10.5. The third-order valence-corrected chi connectivity index (χ3v) is 3.61. The van der Waals surface area contributed by atoms with Crippen molar-refractivity contribution in [2.75, 3.05) is 6.54 Å². The molecule has 0 aliphatic heterocycles. The van der Waals surface area contributed by atoms with Gasteiger partial charge in [-0.1, -0.05) is 60.7 Å². The average Bonchev–Trinajstić information content (AvgIpc) is 2.65. The number of ether oxygens (including phenoxy) is 2. The quantitative estimate of drug-likeness (QED) is 0.557. The number of hydrogen-bond donors (Lipinski definition) is 2. The Kier molecular flexibility index (Phi) is 6.68. The number of rotatable bonds is 8. The molecule has 0 heterocycles. The van der Waals surface area contributed by atoms with Crippen LogP contribution in [0.2, 0.25) is 0 Å². The van der Waals surface area contributed by atoms with Gasteiger partial charge < -0.3 is 20.3 Å². The van der Waals surface area contributed by atoms with Crippen molar-refractivity contribution in [2.24, 2.45) is 5.73 Å². The van der Waals surface area contributed by atoms with E-state index in [9.17, 15) is 14.7 Å². The normalized spacial score (nSPS) is 11.0. The Hall–Kier alpha value is -2.70. The molecule has 0 unspecified atom stereocenters. The number of nitrogens with two attached hydrogens (primary N) is 1. The van der Waals surface area contributed by atoms with E-state index in [-0.39, 0.29) is 26.2 Å². The average molecular weight is 343 g/mol. The van der Waals surface area contributed by atoms with Crippen molar-refractivity contribution in [3.63, 3.8) is 0 Å². The Labute approximate surface area is 146 Å². The molecule has 0 atom stereocenters.